The highest BCUT2D eigenvalue weighted by molar-refractivity contribution is 6.31. The number of hydrogen-bond acceptors (Lipinski definition) is 3. The van der Waals surface area contributed by atoms with E-state index in [-0.39, 0.29) is 13.0 Å². The SMILES string of the molecule is Cc1c(Cl)cccc1NC(=O)N[C@@H](CCO)C(=O)O. The number of urea groups is 1. The molecule has 0 aliphatic carbocycles. The van der Waals surface area contributed by atoms with E-state index in [0.29, 0.717) is 16.3 Å². The summed E-state index contributed by atoms with van der Waals surface area (Å²) < 4.78 is 0. The Morgan fingerprint density at radius 3 is 2.68 bits per heavy atom. The summed E-state index contributed by atoms with van der Waals surface area (Å²) in [6, 6.07) is 3.22. The van der Waals surface area contributed by atoms with Gasteiger partial charge in [0.25, 0.3) is 0 Å². The van der Waals surface area contributed by atoms with Crippen LogP contribution < -0.4 is 10.6 Å². The molecule has 1 rings (SSSR count). The van der Waals surface area contributed by atoms with Crippen LogP contribution in [0.3, 0.4) is 0 Å². The van der Waals surface area contributed by atoms with Crippen LogP contribution in [0.25, 0.3) is 0 Å². The first-order valence-corrected chi connectivity index (χ1v) is 5.99. The van der Waals surface area contributed by atoms with Crippen LogP contribution in [-0.2, 0) is 4.79 Å². The van der Waals surface area contributed by atoms with E-state index in [1.54, 1.807) is 25.1 Å². The average Bonchev–Trinajstić information content (AvgIpc) is 2.34. The van der Waals surface area contributed by atoms with Gasteiger partial charge in [0.1, 0.15) is 6.04 Å². The third kappa shape index (κ3) is 4.42. The van der Waals surface area contributed by atoms with Crippen LogP contribution in [0.2, 0.25) is 5.02 Å². The maximum Gasteiger partial charge on any atom is 0.326 e. The van der Waals surface area contributed by atoms with Crippen molar-refractivity contribution >= 4 is 29.3 Å². The van der Waals surface area contributed by atoms with Crippen molar-refractivity contribution < 1.29 is 19.8 Å². The first kappa shape index (κ1) is 15.3. The molecule has 0 spiro atoms. The molecule has 1 aromatic rings. The number of carboxylic acid groups (broad SMARTS) is 1. The number of aliphatic carboxylic acids is 1. The minimum atomic E-state index is -1.20. The summed E-state index contributed by atoms with van der Waals surface area (Å²) in [5.74, 6) is -1.20. The number of halogens is 1. The van der Waals surface area contributed by atoms with Crippen LogP contribution in [0.15, 0.2) is 18.2 Å². The molecule has 2 amide bonds. The fourth-order valence-electron chi connectivity index (χ4n) is 1.45. The van der Waals surface area contributed by atoms with Crippen LogP contribution >= 0.6 is 11.6 Å². The first-order valence-electron chi connectivity index (χ1n) is 5.62. The summed E-state index contributed by atoms with van der Waals surface area (Å²) in [6.07, 6.45) is -0.0583. The third-order valence-corrected chi connectivity index (χ3v) is 2.95. The summed E-state index contributed by atoms with van der Waals surface area (Å²) in [7, 11) is 0. The molecule has 6 nitrogen and oxygen atoms in total. The summed E-state index contributed by atoms with van der Waals surface area (Å²) in [5, 5.41) is 22.8. The van der Waals surface area contributed by atoms with Crippen molar-refractivity contribution in [3.8, 4) is 0 Å². The molecule has 1 atom stereocenters. The van der Waals surface area contributed by atoms with E-state index in [0.717, 1.165) is 0 Å². The van der Waals surface area contributed by atoms with E-state index >= 15 is 0 Å². The quantitative estimate of drug-likeness (QED) is 0.661. The Morgan fingerprint density at radius 2 is 2.11 bits per heavy atom. The molecule has 0 aliphatic heterocycles. The molecule has 0 bridgehead atoms. The molecular weight excluding hydrogens is 272 g/mol. The molecule has 0 aliphatic rings. The van der Waals surface area contributed by atoms with Crippen LogP contribution in [0.5, 0.6) is 0 Å². The number of nitrogens with one attached hydrogen (secondary N) is 2. The number of hydrogen-bond donors (Lipinski definition) is 4. The number of anilines is 1. The number of rotatable bonds is 5. The van der Waals surface area contributed by atoms with Crippen LogP contribution in [0.1, 0.15) is 12.0 Å². The van der Waals surface area contributed by atoms with E-state index in [9.17, 15) is 9.59 Å². The predicted octanol–water partition coefficient (Wildman–Crippen LogP) is 1.61. The molecule has 0 radical (unpaired) electrons. The lowest BCUT2D eigenvalue weighted by molar-refractivity contribution is -0.139. The van der Waals surface area contributed by atoms with Crippen LogP contribution in [0, 0.1) is 6.92 Å². The zero-order chi connectivity index (χ0) is 14.4. The van der Waals surface area contributed by atoms with Crippen molar-refractivity contribution in [2.45, 2.75) is 19.4 Å². The molecule has 4 N–H and O–H groups in total. The Hall–Kier alpha value is -1.79. The molecule has 1 aromatic carbocycles. The fourth-order valence-corrected chi connectivity index (χ4v) is 1.62. The Kier molecular flexibility index (Phi) is 5.59. The van der Waals surface area contributed by atoms with E-state index in [4.69, 9.17) is 21.8 Å². The Bertz CT molecular complexity index is 479. The highest BCUT2D eigenvalue weighted by atomic mass is 35.5. The molecule has 7 heteroatoms. The second-order valence-corrected chi connectivity index (χ2v) is 4.32. The molecule has 0 fully saturated rings. The predicted molar refractivity (Wildman–Crippen MR) is 71.5 cm³/mol. The van der Waals surface area contributed by atoms with E-state index in [1.807, 2.05) is 0 Å². The highest BCUT2D eigenvalue weighted by Crippen LogP contribution is 2.22. The Labute approximate surface area is 115 Å². The van der Waals surface area contributed by atoms with Gasteiger partial charge in [-0.15, -0.1) is 0 Å². The number of carbonyl (C=O) groups excluding carboxylic acids is 1. The lowest BCUT2D eigenvalue weighted by Gasteiger charge is -2.15. The molecule has 0 heterocycles. The molecule has 0 saturated carbocycles. The largest absolute Gasteiger partial charge is 0.480 e. The topological polar surface area (TPSA) is 98.7 Å². The van der Waals surface area contributed by atoms with Crippen LogP contribution in [0.4, 0.5) is 10.5 Å². The van der Waals surface area contributed by atoms with Crippen molar-refractivity contribution in [2.24, 2.45) is 0 Å². The van der Waals surface area contributed by atoms with Gasteiger partial charge in [-0.05, 0) is 24.6 Å². The van der Waals surface area contributed by atoms with Gasteiger partial charge in [-0.3, -0.25) is 0 Å². The number of carbonyl (C=O) groups is 2. The smallest absolute Gasteiger partial charge is 0.326 e. The maximum absolute atomic E-state index is 11.7. The minimum Gasteiger partial charge on any atom is -0.480 e. The Balaban J connectivity index is 2.69. The summed E-state index contributed by atoms with van der Waals surface area (Å²) >= 11 is 5.90. The number of carboxylic acids is 1. The number of aliphatic hydroxyl groups excluding tert-OH is 1. The highest BCUT2D eigenvalue weighted by Gasteiger charge is 2.19. The lowest BCUT2D eigenvalue weighted by Crippen LogP contribution is -2.43. The molecule has 0 saturated heterocycles. The van der Waals surface area contributed by atoms with E-state index in [2.05, 4.69) is 10.6 Å². The van der Waals surface area contributed by atoms with Gasteiger partial charge < -0.3 is 20.8 Å². The zero-order valence-electron chi connectivity index (χ0n) is 10.3. The number of aliphatic hydroxyl groups is 1. The van der Waals surface area contributed by atoms with Crippen molar-refractivity contribution in [2.75, 3.05) is 11.9 Å². The Morgan fingerprint density at radius 1 is 1.42 bits per heavy atom. The maximum atomic E-state index is 11.7. The van der Waals surface area contributed by atoms with Gasteiger partial charge in [0.05, 0.1) is 0 Å². The molecule has 0 unspecified atom stereocenters. The van der Waals surface area contributed by atoms with Gasteiger partial charge in [-0.2, -0.15) is 0 Å². The first-order chi connectivity index (χ1) is 8.95. The van der Waals surface area contributed by atoms with Crippen LogP contribution in [-0.4, -0.2) is 34.9 Å². The summed E-state index contributed by atoms with van der Waals surface area (Å²) in [6.45, 7) is 1.41. The normalized spacial score (nSPS) is 11.7. The van der Waals surface area contributed by atoms with Gasteiger partial charge >= 0.3 is 12.0 Å². The summed E-state index contributed by atoms with van der Waals surface area (Å²) in [4.78, 5) is 22.5. The lowest BCUT2D eigenvalue weighted by atomic mass is 10.2. The van der Waals surface area contributed by atoms with E-state index < -0.39 is 18.0 Å². The van der Waals surface area contributed by atoms with Gasteiger partial charge in [0.2, 0.25) is 0 Å². The zero-order valence-corrected chi connectivity index (χ0v) is 11.1. The van der Waals surface area contributed by atoms with Gasteiger partial charge in [0, 0.05) is 23.7 Å². The van der Waals surface area contributed by atoms with Crippen molar-refractivity contribution in [3.63, 3.8) is 0 Å². The van der Waals surface area contributed by atoms with Gasteiger partial charge in [0.15, 0.2) is 0 Å². The van der Waals surface area contributed by atoms with Crippen molar-refractivity contribution in [1.29, 1.82) is 0 Å². The second kappa shape index (κ2) is 6.96. The average molecular weight is 287 g/mol. The second-order valence-electron chi connectivity index (χ2n) is 3.91. The minimum absolute atomic E-state index is 0.0583. The standard InChI is InChI=1S/C12H15ClN2O4/c1-7-8(13)3-2-4-9(7)14-12(19)15-10(5-6-16)11(17)18/h2-4,10,16H,5-6H2,1H3,(H,17,18)(H2,14,15,19)/t10-/m0/s1. The number of amides is 2. The monoisotopic (exact) mass is 286 g/mol. The molecule has 104 valence electrons. The van der Waals surface area contributed by atoms with Gasteiger partial charge in [-0.1, -0.05) is 17.7 Å². The van der Waals surface area contributed by atoms with Crippen molar-refractivity contribution in [1.82, 2.24) is 5.32 Å². The molecule has 19 heavy (non-hydrogen) atoms. The third-order valence-electron chi connectivity index (χ3n) is 2.54. The van der Waals surface area contributed by atoms with E-state index in [1.165, 1.54) is 0 Å². The number of benzene rings is 1. The van der Waals surface area contributed by atoms with Crippen molar-refractivity contribution in [3.05, 3.63) is 28.8 Å². The molecule has 0 aromatic heterocycles. The van der Waals surface area contributed by atoms with Gasteiger partial charge in [-0.25, -0.2) is 9.59 Å². The fraction of sp³-hybridized carbons (Fsp3) is 0.333. The summed E-state index contributed by atoms with van der Waals surface area (Å²) in [5.41, 5.74) is 1.19. The molecular formula is C12H15ClN2O4.